The van der Waals surface area contributed by atoms with Crippen LogP contribution in [-0.2, 0) is 0 Å². The van der Waals surface area contributed by atoms with Gasteiger partial charge in [0.1, 0.15) is 11.5 Å². The van der Waals surface area contributed by atoms with Crippen LogP contribution < -0.4 is 9.47 Å². The zero-order chi connectivity index (χ0) is 36.7. The van der Waals surface area contributed by atoms with Gasteiger partial charge in [0.25, 0.3) is 0 Å². The summed E-state index contributed by atoms with van der Waals surface area (Å²) < 4.78 is 13.0. The third kappa shape index (κ3) is 7.57. The van der Waals surface area contributed by atoms with E-state index in [1.165, 1.54) is 0 Å². The smallest absolute Gasteiger partial charge is 0.127 e. The van der Waals surface area contributed by atoms with Crippen LogP contribution in [0.25, 0.3) is 68.6 Å². The Morgan fingerprint density at radius 1 is 0.585 bits per heavy atom. The molecule has 0 aliphatic carbocycles. The van der Waals surface area contributed by atoms with Gasteiger partial charge in [-0.05, 0) is 112 Å². The Kier molecular flexibility index (Phi) is 10.9. The number of unbranched alkanes of at least 4 members (excludes halogenated alkanes) is 4. The van der Waals surface area contributed by atoms with Crippen molar-refractivity contribution in [1.82, 2.24) is 19.9 Å². The van der Waals surface area contributed by atoms with Crippen molar-refractivity contribution in [2.45, 2.75) is 73.1 Å². The summed E-state index contributed by atoms with van der Waals surface area (Å²) in [5.74, 6) is 8.26. The molecule has 0 radical (unpaired) electrons. The number of hydrogen-bond acceptors (Lipinski definition) is 4. The minimum atomic E-state index is 0.666. The molecule has 7 rings (SSSR count). The lowest BCUT2D eigenvalue weighted by atomic mass is 9.97. The average Bonchev–Trinajstić information content (AvgIpc) is 3.99. The Morgan fingerprint density at radius 3 is 1.79 bits per heavy atom. The fourth-order valence-electron chi connectivity index (χ4n) is 7.15. The summed E-state index contributed by atoms with van der Waals surface area (Å²) in [7, 11) is 0. The maximum Gasteiger partial charge on any atom is 0.127 e. The van der Waals surface area contributed by atoms with Gasteiger partial charge in [-0.3, -0.25) is 0 Å². The van der Waals surface area contributed by atoms with Gasteiger partial charge >= 0.3 is 0 Å². The van der Waals surface area contributed by atoms with Gasteiger partial charge in [-0.25, -0.2) is 9.97 Å². The average molecular weight is 701 g/mol. The molecule has 8 bridgehead atoms. The van der Waals surface area contributed by atoms with Gasteiger partial charge in [0.15, 0.2) is 0 Å². The Hall–Kier alpha value is -5.80. The third-order valence-electron chi connectivity index (χ3n) is 9.81. The zero-order valence-electron chi connectivity index (χ0n) is 31.5. The van der Waals surface area contributed by atoms with Gasteiger partial charge in [0.2, 0.25) is 0 Å². The van der Waals surface area contributed by atoms with Gasteiger partial charge in [0.05, 0.1) is 47.1 Å². The minimum absolute atomic E-state index is 0.666. The zero-order valence-corrected chi connectivity index (χ0v) is 31.5. The second kappa shape index (κ2) is 16.3. The van der Waals surface area contributed by atoms with Crippen LogP contribution in [0.1, 0.15) is 98.8 Å². The summed E-state index contributed by atoms with van der Waals surface area (Å²) in [4.78, 5) is 18.0. The minimum Gasteiger partial charge on any atom is -0.493 e. The number of aryl methyl sites for hydroxylation is 2. The predicted molar refractivity (Wildman–Crippen MR) is 222 cm³/mol. The van der Waals surface area contributed by atoms with Gasteiger partial charge < -0.3 is 19.4 Å². The number of aromatic nitrogens is 4. The largest absolute Gasteiger partial charge is 0.493 e. The Bertz CT molecular complexity index is 2370. The predicted octanol–water partition coefficient (Wildman–Crippen LogP) is 12.1. The second-order valence-electron chi connectivity index (χ2n) is 13.7. The molecule has 2 aliphatic heterocycles. The van der Waals surface area contributed by atoms with E-state index in [-0.39, 0.29) is 0 Å². The van der Waals surface area contributed by atoms with Crippen molar-refractivity contribution in [3.8, 4) is 45.6 Å². The van der Waals surface area contributed by atoms with E-state index in [0.29, 0.717) is 13.2 Å². The number of benzene rings is 2. The van der Waals surface area contributed by atoms with Crippen molar-refractivity contribution in [2.24, 2.45) is 0 Å². The van der Waals surface area contributed by atoms with Crippen molar-refractivity contribution >= 4 is 46.4 Å². The van der Waals surface area contributed by atoms with Crippen LogP contribution in [0.2, 0.25) is 0 Å². The summed E-state index contributed by atoms with van der Waals surface area (Å²) in [6.45, 7) is 11.9. The number of nitrogens with one attached hydrogen (secondary N) is 2. The number of rotatable bonds is 12. The number of H-pyrrole nitrogens is 2. The molecular formula is C47H48N4O2. The summed E-state index contributed by atoms with van der Waals surface area (Å²) in [5, 5.41) is 0. The molecule has 0 unspecified atom stereocenters. The Morgan fingerprint density at radius 2 is 1.15 bits per heavy atom. The molecule has 0 fully saturated rings. The van der Waals surface area contributed by atoms with Crippen molar-refractivity contribution in [2.75, 3.05) is 13.2 Å². The summed E-state index contributed by atoms with van der Waals surface area (Å²) in [6, 6.07) is 23.1. The highest BCUT2D eigenvalue weighted by Gasteiger charge is 2.20. The molecule has 0 atom stereocenters. The van der Waals surface area contributed by atoms with E-state index in [4.69, 9.17) is 19.4 Å². The molecule has 5 heterocycles. The molecule has 6 nitrogen and oxygen atoms in total. The molecule has 53 heavy (non-hydrogen) atoms. The molecule has 0 amide bonds. The van der Waals surface area contributed by atoms with E-state index in [2.05, 4.69) is 141 Å². The van der Waals surface area contributed by atoms with Crippen LogP contribution in [0.15, 0.2) is 66.7 Å². The quantitative estimate of drug-likeness (QED) is 0.0983. The number of hydrogen-bond donors (Lipinski definition) is 2. The highest BCUT2D eigenvalue weighted by atomic mass is 16.5. The third-order valence-corrected chi connectivity index (χ3v) is 9.81. The molecule has 0 saturated carbocycles. The molecule has 6 heteroatoms. The first-order chi connectivity index (χ1) is 26.0. The molecule has 2 aromatic carbocycles. The fourth-order valence-corrected chi connectivity index (χ4v) is 7.15. The van der Waals surface area contributed by atoms with Crippen molar-refractivity contribution in [3.05, 3.63) is 106 Å². The van der Waals surface area contributed by atoms with E-state index >= 15 is 0 Å². The topological polar surface area (TPSA) is 75.8 Å². The van der Waals surface area contributed by atoms with Crippen molar-refractivity contribution < 1.29 is 9.47 Å². The lowest BCUT2D eigenvalue weighted by molar-refractivity contribution is 0.307. The van der Waals surface area contributed by atoms with Crippen LogP contribution in [0, 0.1) is 25.7 Å². The van der Waals surface area contributed by atoms with E-state index in [9.17, 15) is 0 Å². The van der Waals surface area contributed by atoms with E-state index < -0.39 is 0 Å². The number of fused-ring (bicyclic) bond motifs is 8. The number of nitrogens with zero attached hydrogens (tertiary/aromatic N) is 2. The molecule has 3 aromatic heterocycles. The molecule has 0 saturated heterocycles. The van der Waals surface area contributed by atoms with Crippen molar-refractivity contribution in [3.63, 3.8) is 0 Å². The molecule has 5 aromatic rings. The molecule has 2 N–H and O–H groups in total. The first-order valence-corrected chi connectivity index (χ1v) is 19.0. The van der Waals surface area contributed by atoms with Crippen LogP contribution in [0.3, 0.4) is 0 Å². The second-order valence-corrected chi connectivity index (χ2v) is 13.7. The van der Waals surface area contributed by atoms with Crippen LogP contribution in [0.4, 0.5) is 0 Å². The highest BCUT2D eigenvalue weighted by Crippen LogP contribution is 2.41. The normalized spacial score (nSPS) is 11.8. The number of ether oxygens (including phenoxy) is 2. The highest BCUT2D eigenvalue weighted by molar-refractivity contribution is 5.97. The fraction of sp³-hybridized carbons (Fsp3) is 0.277. The summed E-state index contributed by atoms with van der Waals surface area (Å²) >= 11 is 0. The molecule has 0 spiro atoms. The maximum atomic E-state index is 6.48. The monoisotopic (exact) mass is 700 g/mol. The molecule has 268 valence electrons. The molecule has 2 aliphatic rings. The van der Waals surface area contributed by atoms with Gasteiger partial charge in [-0.1, -0.05) is 69.7 Å². The van der Waals surface area contributed by atoms with Crippen molar-refractivity contribution in [1.29, 1.82) is 0 Å². The Balaban J connectivity index is 1.52. The van der Waals surface area contributed by atoms with Gasteiger partial charge in [-0.2, -0.15) is 0 Å². The van der Waals surface area contributed by atoms with Crippen LogP contribution >= 0.6 is 0 Å². The van der Waals surface area contributed by atoms with Crippen LogP contribution in [-0.4, -0.2) is 33.1 Å². The van der Waals surface area contributed by atoms with Gasteiger partial charge in [0, 0.05) is 38.8 Å². The lowest BCUT2D eigenvalue weighted by Crippen LogP contribution is -2.00. The van der Waals surface area contributed by atoms with Gasteiger partial charge in [-0.15, -0.1) is 5.92 Å². The Labute approximate surface area is 313 Å². The van der Waals surface area contributed by atoms with E-state index in [1.807, 2.05) is 6.92 Å². The summed E-state index contributed by atoms with van der Waals surface area (Å²) in [6.07, 6.45) is 14.9. The maximum absolute atomic E-state index is 6.48. The van der Waals surface area contributed by atoms with Crippen LogP contribution in [0.5, 0.6) is 11.5 Å². The number of aromatic amines is 2. The van der Waals surface area contributed by atoms with E-state index in [1.54, 1.807) is 0 Å². The molecular weight excluding hydrogens is 653 g/mol. The standard InChI is InChI=1S/C47H48N4O2/c1-6-9-11-28-52-42-18-13-16-31(4)44(42)46-38-22-20-33(48-38)30-34-21-23-39(49-34)47(45-32(5)17-14-19-43(45)53-29-12-10-7-2)41-27-25-37(51-41)35(15-8-3)36-24-26-40(46)50-36/h13-14,16-27,30,48,51H,6-7,9-12,28-29H2,1-5H3. The SMILES string of the molecule is CC#Cc1c2nc(c(-c3c(C)cccc3OCCCCC)c3ccc(cc4nc(c(-c5c(C)cccc5OCCCCC)c5ccc1[nH]5)C=C4)[nH]3)C=C2. The lowest BCUT2D eigenvalue weighted by Gasteiger charge is -2.15. The first-order valence-electron chi connectivity index (χ1n) is 19.0. The van der Waals surface area contributed by atoms with E-state index in [0.717, 1.165) is 134 Å². The summed E-state index contributed by atoms with van der Waals surface area (Å²) in [5.41, 5.74) is 14.2. The first kappa shape index (κ1) is 35.6.